The normalized spacial score (nSPS) is 19.8. The van der Waals surface area contributed by atoms with Gasteiger partial charge in [0.15, 0.2) is 6.29 Å². The Morgan fingerprint density at radius 3 is 1.33 bits per heavy atom. The molecule has 4 N–H and O–H groups in total. The average Bonchev–Trinajstić information content (AvgIpc) is 3.36. The molecule has 12 nitrogen and oxygen atoms in total. The maximum atomic E-state index is 13.0. The van der Waals surface area contributed by atoms with E-state index >= 15 is 0 Å². The fourth-order valence-corrected chi connectivity index (χ4v) is 8.32. The van der Waals surface area contributed by atoms with Gasteiger partial charge in [0, 0.05) is 13.0 Å². The molecule has 0 aromatic heterocycles. The third-order valence-corrected chi connectivity index (χ3v) is 12.4. The minimum absolute atomic E-state index is 0.0199. The third-order valence-electron chi connectivity index (χ3n) is 11.9. The van der Waals surface area contributed by atoms with Crippen LogP contribution in [-0.4, -0.2) is 97.5 Å². The van der Waals surface area contributed by atoms with Crippen molar-refractivity contribution in [1.82, 2.24) is 0 Å². The third kappa shape index (κ3) is 41.1. The van der Waals surface area contributed by atoms with Gasteiger partial charge in [-0.2, -0.15) is 8.42 Å². The predicted octanol–water partition coefficient (Wildman–Crippen LogP) is 13.5. The first-order valence-electron chi connectivity index (χ1n) is 27.6. The van der Waals surface area contributed by atoms with Crippen molar-refractivity contribution in [1.29, 1.82) is 0 Å². The summed E-state index contributed by atoms with van der Waals surface area (Å²) in [5.74, 6) is -0.416. The summed E-state index contributed by atoms with van der Waals surface area (Å²) >= 11 is 0. The van der Waals surface area contributed by atoms with Gasteiger partial charge in [0.05, 0.1) is 19.8 Å². The minimum Gasteiger partial charge on any atom is -0.457 e. The quantitative estimate of drug-likeness (QED) is 0.0197. The minimum atomic E-state index is -5.08. The van der Waals surface area contributed by atoms with Gasteiger partial charge in [-0.1, -0.05) is 200 Å². The first-order chi connectivity index (χ1) is 35.1. The highest BCUT2D eigenvalue weighted by molar-refractivity contribution is 7.80. The topological polar surface area (TPSA) is 178 Å². The van der Waals surface area contributed by atoms with Crippen molar-refractivity contribution in [3.05, 3.63) is 109 Å². The molecule has 6 unspecified atom stereocenters. The van der Waals surface area contributed by atoms with E-state index in [1.54, 1.807) is 0 Å². The lowest BCUT2D eigenvalue weighted by molar-refractivity contribution is -0.301. The van der Waals surface area contributed by atoms with Crippen LogP contribution in [0.25, 0.3) is 0 Å². The van der Waals surface area contributed by atoms with Gasteiger partial charge in [-0.15, -0.1) is 0 Å². The van der Waals surface area contributed by atoms with E-state index in [2.05, 4.69) is 127 Å². The van der Waals surface area contributed by atoms with Gasteiger partial charge < -0.3 is 34.3 Å². The van der Waals surface area contributed by atoms with Crippen LogP contribution >= 0.6 is 0 Å². The van der Waals surface area contributed by atoms with Crippen LogP contribution < -0.4 is 0 Å². The maximum absolute atomic E-state index is 13.0. The van der Waals surface area contributed by atoms with Crippen molar-refractivity contribution in [3.63, 3.8) is 0 Å². The molecule has 72 heavy (non-hydrogen) atoms. The molecule has 6 atom stereocenters. The molecule has 1 aliphatic heterocycles. The highest BCUT2D eigenvalue weighted by Gasteiger charge is 2.48. The number of esters is 1. The molecule has 0 spiro atoms. The summed E-state index contributed by atoms with van der Waals surface area (Å²) in [6.45, 7) is 3.73. The largest absolute Gasteiger partial charge is 0.457 e. The first-order valence-corrected chi connectivity index (χ1v) is 29.0. The maximum Gasteiger partial charge on any atom is 0.397 e. The molecule has 0 aromatic rings. The average molecular weight is 1030 g/mol. The summed E-state index contributed by atoms with van der Waals surface area (Å²) in [6.07, 6.45) is 59.7. The molecule has 0 saturated carbocycles. The molecule has 1 aliphatic rings. The van der Waals surface area contributed by atoms with E-state index in [1.807, 2.05) is 0 Å². The lowest BCUT2D eigenvalue weighted by Gasteiger charge is -2.41. The van der Waals surface area contributed by atoms with Crippen LogP contribution in [-0.2, 0) is 38.3 Å². The van der Waals surface area contributed by atoms with Crippen LogP contribution in [0.1, 0.15) is 194 Å². The number of hydrogen-bond acceptors (Lipinski definition) is 11. The first kappa shape index (κ1) is 66.8. The monoisotopic (exact) mass is 1030 g/mol. The summed E-state index contributed by atoms with van der Waals surface area (Å²) in [6, 6.07) is 0. The standard InChI is InChI=1S/C59H98O12S/c1-3-5-7-9-11-13-15-17-19-21-23-25-27-28-30-32-34-36-38-40-42-44-46-48-55(61)69-53(52-68-59-57(63)58(71-72(64,65)66)56(62)54(50-60)70-59)51-67-49-47-45-43-41-39-37-35-33-31-29-26-24-22-20-18-16-14-12-10-8-6-4-2/h5-8,11-14,17-20,23-26,28,30,53-54,56-60,62-63H,3-4,9-10,15-16,21-22,27,29,31-52H2,1-2H3,(H,64,65,66)/b7-5-,8-6-,13-11-,14-12-,19-17-,20-18-,25-23-,26-24-,30-28-. The molecular formula is C59H98O12S. The van der Waals surface area contributed by atoms with Crippen LogP contribution in [0.2, 0.25) is 0 Å². The van der Waals surface area contributed by atoms with Gasteiger partial charge in [-0.25, -0.2) is 4.18 Å². The van der Waals surface area contributed by atoms with Gasteiger partial charge in [-0.3, -0.25) is 9.35 Å². The Hall–Kier alpha value is -3.24. The van der Waals surface area contributed by atoms with Crippen LogP contribution in [0.15, 0.2) is 109 Å². The van der Waals surface area contributed by atoms with Crippen molar-refractivity contribution in [3.8, 4) is 0 Å². The lowest BCUT2D eigenvalue weighted by Crippen LogP contribution is -2.60. The Kier molecular flexibility index (Phi) is 45.2. The van der Waals surface area contributed by atoms with E-state index in [1.165, 1.54) is 44.9 Å². The van der Waals surface area contributed by atoms with E-state index < -0.39 is 59.8 Å². The molecule has 1 fully saturated rings. The molecule has 0 amide bonds. The van der Waals surface area contributed by atoms with Crippen molar-refractivity contribution in [2.75, 3.05) is 26.4 Å². The van der Waals surface area contributed by atoms with E-state index in [0.29, 0.717) is 13.0 Å². The highest BCUT2D eigenvalue weighted by atomic mass is 32.3. The molecule has 1 rings (SSSR count). The second kappa shape index (κ2) is 48.7. The number of rotatable bonds is 47. The van der Waals surface area contributed by atoms with Crippen LogP contribution in [0.4, 0.5) is 0 Å². The Morgan fingerprint density at radius 1 is 0.528 bits per heavy atom. The lowest BCUT2D eigenvalue weighted by atomic mass is 9.99. The van der Waals surface area contributed by atoms with E-state index in [0.717, 1.165) is 122 Å². The number of unbranched alkanes of at least 4 members (excludes halogenated alkanes) is 16. The Bertz CT molecular complexity index is 1660. The zero-order valence-electron chi connectivity index (χ0n) is 44.4. The van der Waals surface area contributed by atoms with Gasteiger partial charge in [0.2, 0.25) is 0 Å². The predicted molar refractivity (Wildman–Crippen MR) is 294 cm³/mol. The van der Waals surface area contributed by atoms with Crippen LogP contribution in [0.3, 0.4) is 0 Å². The molecular weight excluding hydrogens is 933 g/mol. The number of aliphatic hydroxyl groups excluding tert-OH is 3. The van der Waals surface area contributed by atoms with Crippen molar-refractivity contribution >= 4 is 16.4 Å². The Labute approximate surface area is 437 Å². The van der Waals surface area contributed by atoms with E-state index in [9.17, 15) is 33.1 Å². The smallest absolute Gasteiger partial charge is 0.397 e. The molecule has 0 bridgehead atoms. The van der Waals surface area contributed by atoms with Crippen molar-refractivity contribution < 1.29 is 56.2 Å². The molecule has 1 heterocycles. The van der Waals surface area contributed by atoms with Crippen LogP contribution in [0.5, 0.6) is 0 Å². The SMILES string of the molecule is CC/C=C\C/C=C\C/C=C\C/C=C\C/C=C\CCCCCCCCCC(=O)OC(COCCCCCCCCCCC/C=C\C/C=C\C/C=C\C/C=C\CC)COC1OC(CO)C(O)C(OS(=O)(=O)O)C1O. The van der Waals surface area contributed by atoms with Gasteiger partial charge >= 0.3 is 16.4 Å². The number of carbonyl (C=O) groups is 1. The molecule has 412 valence electrons. The zero-order chi connectivity index (χ0) is 52.4. The zero-order valence-corrected chi connectivity index (χ0v) is 45.3. The summed E-state index contributed by atoms with van der Waals surface area (Å²) < 4.78 is 59.4. The summed E-state index contributed by atoms with van der Waals surface area (Å²) in [5.41, 5.74) is 0. The van der Waals surface area contributed by atoms with Gasteiger partial charge in [-0.05, 0) is 96.3 Å². The Morgan fingerprint density at radius 2 is 0.917 bits per heavy atom. The number of allylic oxidation sites excluding steroid dienone is 18. The summed E-state index contributed by atoms with van der Waals surface area (Å²) in [4.78, 5) is 13.0. The van der Waals surface area contributed by atoms with E-state index in [-0.39, 0.29) is 19.6 Å². The molecule has 13 heteroatoms. The van der Waals surface area contributed by atoms with E-state index in [4.69, 9.17) is 18.9 Å². The molecule has 0 aromatic carbocycles. The van der Waals surface area contributed by atoms with Gasteiger partial charge in [0.25, 0.3) is 0 Å². The summed E-state index contributed by atoms with van der Waals surface area (Å²) in [7, 11) is -5.08. The molecule has 0 aliphatic carbocycles. The number of carbonyl (C=O) groups excluding carboxylic acids is 1. The number of ether oxygens (including phenoxy) is 4. The summed E-state index contributed by atoms with van der Waals surface area (Å²) in [5, 5.41) is 30.8. The van der Waals surface area contributed by atoms with Crippen molar-refractivity contribution in [2.45, 2.75) is 230 Å². The fourth-order valence-electron chi connectivity index (χ4n) is 7.81. The molecule has 0 radical (unpaired) electrons. The number of hydrogen-bond donors (Lipinski definition) is 4. The fraction of sp³-hybridized carbons (Fsp3) is 0.678. The number of aliphatic hydroxyl groups is 3. The van der Waals surface area contributed by atoms with Gasteiger partial charge in [0.1, 0.15) is 30.5 Å². The molecule has 1 saturated heterocycles. The Balaban J connectivity index is 2.35. The second-order valence-electron chi connectivity index (χ2n) is 18.4. The highest BCUT2D eigenvalue weighted by Crippen LogP contribution is 2.26. The van der Waals surface area contributed by atoms with Crippen LogP contribution in [0, 0.1) is 0 Å². The second-order valence-corrected chi connectivity index (χ2v) is 19.5. The van der Waals surface area contributed by atoms with Crippen molar-refractivity contribution in [2.24, 2.45) is 0 Å².